The highest BCUT2D eigenvalue weighted by Gasteiger charge is 2.18. The molecule has 2 heteroatoms. The number of hydrogen-bond acceptors (Lipinski definition) is 2. The molecule has 2 nitrogen and oxygen atoms in total. The van der Waals surface area contributed by atoms with Crippen molar-refractivity contribution in [2.24, 2.45) is 0 Å². The Balaban J connectivity index is 1.90. The van der Waals surface area contributed by atoms with Crippen molar-refractivity contribution >= 4 is 5.69 Å². The van der Waals surface area contributed by atoms with Gasteiger partial charge in [0.05, 0.1) is 0 Å². The molecule has 1 saturated heterocycles. The number of benzene rings is 1. The molecule has 1 atom stereocenters. The Bertz CT molecular complexity index is 406. The Morgan fingerprint density at radius 2 is 2.35 bits per heavy atom. The van der Waals surface area contributed by atoms with Crippen LogP contribution in [0.3, 0.4) is 0 Å². The van der Waals surface area contributed by atoms with Gasteiger partial charge < -0.3 is 10.2 Å². The van der Waals surface area contributed by atoms with E-state index in [9.17, 15) is 0 Å². The number of nitrogens with one attached hydrogen (secondary N) is 1. The van der Waals surface area contributed by atoms with Gasteiger partial charge in [0.1, 0.15) is 0 Å². The van der Waals surface area contributed by atoms with Gasteiger partial charge in [-0.25, -0.2) is 0 Å². The van der Waals surface area contributed by atoms with Crippen molar-refractivity contribution in [3.63, 3.8) is 0 Å². The fourth-order valence-corrected chi connectivity index (χ4v) is 2.36. The lowest BCUT2D eigenvalue weighted by Crippen LogP contribution is -2.40. The van der Waals surface area contributed by atoms with E-state index in [1.165, 1.54) is 25.8 Å². The second-order valence-electron chi connectivity index (χ2n) is 4.74. The molecule has 2 rings (SSSR count). The van der Waals surface area contributed by atoms with E-state index in [2.05, 4.69) is 29.3 Å². The van der Waals surface area contributed by atoms with Crippen molar-refractivity contribution in [2.75, 3.05) is 25.5 Å². The van der Waals surface area contributed by atoms with Crippen LogP contribution in [0.5, 0.6) is 0 Å². The van der Waals surface area contributed by atoms with Crippen molar-refractivity contribution < 1.29 is 0 Å². The van der Waals surface area contributed by atoms with E-state index < -0.39 is 0 Å². The lowest BCUT2D eigenvalue weighted by molar-refractivity contribution is 0.194. The third kappa shape index (κ3) is 3.25. The van der Waals surface area contributed by atoms with Gasteiger partial charge in [0.2, 0.25) is 0 Å². The molecule has 0 aromatic heterocycles. The van der Waals surface area contributed by atoms with E-state index in [4.69, 9.17) is 6.42 Å². The molecule has 1 unspecified atom stereocenters. The van der Waals surface area contributed by atoms with Gasteiger partial charge in [0.25, 0.3) is 0 Å². The predicted molar refractivity (Wildman–Crippen MR) is 73.1 cm³/mol. The number of piperidine rings is 1. The second-order valence-corrected chi connectivity index (χ2v) is 4.74. The summed E-state index contributed by atoms with van der Waals surface area (Å²) in [6.07, 6.45) is 9.36. The van der Waals surface area contributed by atoms with Crippen molar-refractivity contribution in [3.05, 3.63) is 29.8 Å². The van der Waals surface area contributed by atoms with Gasteiger partial charge >= 0.3 is 0 Å². The molecule has 1 N–H and O–H groups in total. The molecule has 0 saturated carbocycles. The summed E-state index contributed by atoms with van der Waals surface area (Å²) in [6, 6.07) is 8.71. The van der Waals surface area contributed by atoms with Gasteiger partial charge in [-0.1, -0.05) is 18.4 Å². The average molecular weight is 228 g/mol. The van der Waals surface area contributed by atoms with Gasteiger partial charge in [-0.15, -0.1) is 6.42 Å². The summed E-state index contributed by atoms with van der Waals surface area (Å²) in [5.74, 6) is 2.66. The maximum absolute atomic E-state index is 5.39. The quantitative estimate of drug-likeness (QED) is 0.800. The molecule has 0 radical (unpaired) electrons. The Morgan fingerprint density at radius 3 is 3.12 bits per heavy atom. The molecule has 1 heterocycles. The first-order valence-corrected chi connectivity index (χ1v) is 6.30. The van der Waals surface area contributed by atoms with E-state index in [0.717, 1.165) is 17.8 Å². The number of likely N-dealkylation sites (tertiary alicyclic amines) is 1. The maximum Gasteiger partial charge on any atom is 0.0353 e. The number of hydrogen-bond donors (Lipinski definition) is 1. The van der Waals surface area contributed by atoms with E-state index in [1.807, 2.05) is 18.2 Å². The summed E-state index contributed by atoms with van der Waals surface area (Å²) in [6.45, 7) is 2.22. The Hall–Kier alpha value is -1.46. The minimum atomic E-state index is 0.651. The molecule has 17 heavy (non-hydrogen) atoms. The topological polar surface area (TPSA) is 15.3 Å². The fourth-order valence-electron chi connectivity index (χ4n) is 2.36. The predicted octanol–water partition coefficient (Wildman–Crippen LogP) is 2.56. The molecule has 0 bridgehead atoms. The average Bonchev–Trinajstić information content (AvgIpc) is 2.38. The van der Waals surface area contributed by atoms with Crippen LogP contribution >= 0.6 is 0 Å². The van der Waals surface area contributed by atoms with E-state index in [1.54, 1.807) is 0 Å². The molecular weight excluding hydrogens is 208 g/mol. The highest BCUT2D eigenvalue weighted by molar-refractivity contribution is 5.50. The highest BCUT2D eigenvalue weighted by atomic mass is 15.2. The smallest absolute Gasteiger partial charge is 0.0353 e. The SMILES string of the molecule is C#Cc1cccc(NCC2CCCCN2C)c1. The summed E-state index contributed by atoms with van der Waals surface area (Å²) < 4.78 is 0. The second kappa shape index (κ2) is 5.75. The largest absolute Gasteiger partial charge is 0.383 e. The lowest BCUT2D eigenvalue weighted by atomic mass is 10.0. The third-order valence-corrected chi connectivity index (χ3v) is 3.49. The van der Waals surface area contributed by atoms with Crippen LogP contribution in [0.4, 0.5) is 5.69 Å². The summed E-state index contributed by atoms with van der Waals surface area (Å²) in [4.78, 5) is 2.45. The van der Waals surface area contributed by atoms with Crippen LogP contribution in [0.2, 0.25) is 0 Å². The number of rotatable bonds is 3. The van der Waals surface area contributed by atoms with Crippen LogP contribution in [0.25, 0.3) is 0 Å². The van der Waals surface area contributed by atoms with Crippen LogP contribution < -0.4 is 5.32 Å². The molecule has 1 fully saturated rings. The monoisotopic (exact) mass is 228 g/mol. The zero-order chi connectivity index (χ0) is 12.1. The molecule has 1 aromatic rings. The van der Waals surface area contributed by atoms with Crippen molar-refractivity contribution in [1.29, 1.82) is 0 Å². The van der Waals surface area contributed by atoms with Crippen LogP contribution in [-0.2, 0) is 0 Å². The molecule has 1 aliphatic rings. The van der Waals surface area contributed by atoms with Crippen LogP contribution in [0.15, 0.2) is 24.3 Å². The summed E-state index contributed by atoms with van der Waals surface area (Å²) in [5.41, 5.74) is 2.06. The standard InChI is InChI=1S/C15H20N2/c1-3-13-7-6-8-14(11-13)16-12-15-9-4-5-10-17(15)2/h1,6-8,11,15-16H,4-5,9-10,12H2,2H3. The van der Waals surface area contributed by atoms with Crippen molar-refractivity contribution in [2.45, 2.75) is 25.3 Å². The molecular formula is C15H20N2. The van der Waals surface area contributed by atoms with Crippen LogP contribution in [0.1, 0.15) is 24.8 Å². The Kier molecular flexibility index (Phi) is 4.06. The summed E-state index contributed by atoms with van der Waals surface area (Å²) in [7, 11) is 2.21. The minimum Gasteiger partial charge on any atom is -0.383 e. The molecule has 90 valence electrons. The third-order valence-electron chi connectivity index (χ3n) is 3.49. The van der Waals surface area contributed by atoms with Gasteiger partial charge in [-0.2, -0.15) is 0 Å². The molecule has 0 spiro atoms. The molecule has 0 amide bonds. The van der Waals surface area contributed by atoms with Gasteiger partial charge in [0.15, 0.2) is 0 Å². The zero-order valence-corrected chi connectivity index (χ0v) is 10.4. The molecule has 0 aliphatic carbocycles. The Labute approximate surface area is 104 Å². The molecule has 1 aromatic carbocycles. The molecule has 1 aliphatic heterocycles. The lowest BCUT2D eigenvalue weighted by Gasteiger charge is -2.32. The number of terminal acetylenes is 1. The summed E-state index contributed by atoms with van der Waals surface area (Å²) in [5, 5.41) is 3.48. The number of nitrogens with zero attached hydrogens (tertiary/aromatic N) is 1. The van der Waals surface area contributed by atoms with Gasteiger partial charge in [-0.3, -0.25) is 0 Å². The van der Waals surface area contributed by atoms with Crippen LogP contribution in [0, 0.1) is 12.3 Å². The first-order valence-electron chi connectivity index (χ1n) is 6.30. The van der Waals surface area contributed by atoms with Gasteiger partial charge in [0, 0.05) is 23.8 Å². The zero-order valence-electron chi connectivity index (χ0n) is 10.4. The number of anilines is 1. The van der Waals surface area contributed by atoms with E-state index in [-0.39, 0.29) is 0 Å². The first kappa shape index (κ1) is 12.0. The summed E-state index contributed by atoms with van der Waals surface area (Å²) >= 11 is 0. The normalized spacial score (nSPS) is 20.8. The van der Waals surface area contributed by atoms with Crippen LogP contribution in [-0.4, -0.2) is 31.1 Å². The van der Waals surface area contributed by atoms with Crippen molar-refractivity contribution in [1.82, 2.24) is 4.90 Å². The minimum absolute atomic E-state index is 0.651. The van der Waals surface area contributed by atoms with E-state index in [0.29, 0.717) is 6.04 Å². The fraction of sp³-hybridized carbons (Fsp3) is 0.467. The highest BCUT2D eigenvalue weighted by Crippen LogP contribution is 2.16. The van der Waals surface area contributed by atoms with Gasteiger partial charge in [-0.05, 0) is 44.6 Å². The Morgan fingerprint density at radius 1 is 1.47 bits per heavy atom. The first-order chi connectivity index (χ1) is 8.29. The van der Waals surface area contributed by atoms with E-state index >= 15 is 0 Å². The number of likely N-dealkylation sites (N-methyl/N-ethyl adjacent to an activating group) is 1. The maximum atomic E-state index is 5.39. The van der Waals surface area contributed by atoms with Crippen molar-refractivity contribution in [3.8, 4) is 12.3 Å².